The van der Waals surface area contributed by atoms with Crippen LogP contribution in [0.15, 0.2) is 66.0 Å². The van der Waals surface area contributed by atoms with Gasteiger partial charge in [-0.3, -0.25) is 4.79 Å². The van der Waals surface area contributed by atoms with Gasteiger partial charge in [-0.05, 0) is 31.5 Å². The molecule has 2 aromatic heterocycles. The van der Waals surface area contributed by atoms with Crippen LogP contribution >= 0.6 is 11.3 Å². The monoisotopic (exact) mass is 432 g/mol. The van der Waals surface area contributed by atoms with Gasteiger partial charge in [-0.2, -0.15) is 5.10 Å². The van der Waals surface area contributed by atoms with E-state index in [0.717, 1.165) is 33.3 Å². The lowest BCUT2D eigenvalue weighted by Crippen LogP contribution is -2.18. The lowest BCUT2D eigenvalue weighted by molar-refractivity contribution is -0.115. The van der Waals surface area contributed by atoms with Crippen molar-refractivity contribution < 1.29 is 9.53 Å². The summed E-state index contributed by atoms with van der Waals surface area (Å²) in [6.45, 7) is 5.06. The summed E-state index contributed by atoms with van der Waals surface area (Å²) >= 11 is 1.51. The normalized spacial score (nSPS) is 10.8. The van der Waals surface area contributed by atoms with E-state index in [-0.39, 0.29) is 12.3 Å². The molecule has 0 aliphatic carbocycles. The first-order valence-electron chi connectivity index (χ1n) is 10.2. The van der Waals surface area contributed by atoms with E-state index in [1.807, 2.05) is 84.6 Å². The van der Waals surface area contributed by atoms with Gasteiger partial charge in [-0.15, -0.1) is 11.3 Å². The van der Waals surface area contributed by atoms with Gasteiger partial charge in [0.05, 0.1) is 36.5 Å². The van der Waals surface area contributed by atoms with Gasteiger partial charge in [0.15, 0.2) is 0 Å². The van der Waals surface area contributed by atoms with Crippen molar-refractivity contribution in [2.24, 2.45) is 0 Å². The maximum Gasteiger partial charge on any atom is 0.231 e. The molecule has 0 spiro atoms. The van der Waals surface area contributed by atoms with E-state index in [9.17, 15) is 4.79 Å². The molecule has 0 aliphatic rings. The maximum atomic E-state index is 12.7. The van der Waals surface area contributed by atoms with Crippen LogP contribution in [0, 0.1) is 6.92 Å². The number of hydrogen-bond donors (Lipinski definition) is 1. The lowest BCUT2D eigenvalue weighted by atomic mass is 10.2. The van der Waals surface area contributed by atoms with E-state index in [1.165, 1.54) is 11.3 Å². The summed E-state index contributed by atoms with van der Waals surface area (Å²) in [5, 5.41) is 10.3. The average Bonchev–Trinajstić information content (AvgIpc) is 3.35. The third-order valence-electron chi connectivity index (χ3n) is 4.66. The molecule has 7 heteroatoms. The Kier molecular flexibility index (Phi) is 6.43. The Morgan fingerprint density at radius 1 is 1.13 bits per heavy atom. The van der Waals surface area contributed by atoms with Crippen molar-refractivity contribution in [3.8, 4) is 16.3 Å². The molecule has 0 bridgehead atoms. The number of thiazole rings is 1. The van der Waals surface area contributed by atoms with Gasteiger partial charge in [-0.25, -0.2) is 9.67 Å². The Labute approximate surface area is 185 Å². The molecule has 0 atom stereocenters. The Hall–Kier alpha value is -3.45. The van der Waals surface area contributed by atoms with Crippen molar-refractivity contribution in [2.45, 2.75) is 26.8 Å². The van der Waals surface area contributed by atoms with E-state index in [0.29, 0.717) is 19.0 Å². The van der Waals surface area contributed by atoms with Gasteiger partial charge in [0.2, 0.25) is 5.91 Å². The Bertz CT molecular complexity index is 1170. The number of aryl methyl sites for hydroxylation is 1. The zero-order valence-electron chi connectivity index (χ0n) is 17.5. The first-order chi connectivity index (χ1) is 15.1. The number of ether oxygens (including phenoxy) is 1. The molecular weight excluding hydrogens is 408 g/mol. The van der Waals surface area contributed by atoms with Gasteiger partial charge in [-0.1, -0.05) is 42.5 Å². The molecule has 4 rings (SSSR count). The fourth-order valence-electron chi connectivity index (χ4n) is 3.31. The molecule has 6 nitrogen and oxygen atoms in total. The minimum atomic E-state index is -0.121. The fourth-order valence-corrected chi connectivity index (χ4v) is 4.16. The minimum absolute atomic E-state index is 0.121. The van der Waals surface area contributed by atoms with Crippen LogP contribution in [0.1, 0.15) is 23.9 Å². The van der Waals surface area contributed by atoms with Crippen LogP contribution in [0.2, 0.25) is 0 Å². The minimum Gasteiger partial charge on any atom is -0.493 e. The molecule has 0 unspecified atom stereocenters. The van der Waals surface area contributed by atoms with E-state index in [4.69, 9.17) is 4.74 Å². The lowest BCUT2D eigenvalue weighted by Gasteiger charge is -2.09. The summed E-state index contributed by atoms with van der Waals surface area (Å²) in [5.74, 6) is 1.36. The summed E-state index contributed by atoms with van der Waals surface area (Å²) in [6, 6.07) is 19.8. The predicted molar refractivity (Wildman–Crippen MR) is 124 cm³/mol. The second-order valence-corrected chi connectivity index (χ2v) is 7.97. The molecule has 158 valence electrons. The highest BCUT2D eigenvalue weighted by atomic mass is 32.1. The van der Waals surface area contributed by atoms with E-state index in [2.05, 4.69) is 15.4 Å². The molecule has 0 aliphatic heterocycles. The van der Waals surface area contributed by atoms with Gasteiger partial charge in [0.25, 0.3) is 0 Å². The summed E-state index contributed by atoms with van der Waals surface area (Å²) in [4.78, 5) is 17.4. The van der Waals surface area contributed by atoms with Crippen molar-refractivity contribution in [1.82, 2.24) is 14.8 Å². The molecule has 1 amide bonds. The van der Waals surface area contributed by atoms with Crippen molar-refractivity contribution in [2.75, 3.05) is 11.9 Å². The standard InChI is InChI=1S/C24H24N4O2S/c1-3-30-21-12-8-7-11-20(21)24-25-19(16-31-24)14-23(29)26-22-13-17(2)27-28(22)15-18-9-5-4-6-10-18/h4-13,16H,3,14-15H2,1-2H3,(H,26,29). The molecule has 0 saturated carbocycles. The number of aromatic nitrogens is 3. The Morgan fingerprint density at radius 3 is 2.71 bits per heavy atom. The number of nitrogens with zero attached hydrogens (tertiary/aromatic N) is 3. The number of rotatable bonds is 8. The molecule has 2 aromatic carbocycles. The molecular formula is C24H24N4O2S. The first-order valence-corrected chi connectivity index (χ1v) is 11.0. The second-order valence-electron chi connectivity index (χ2n) is 7.11. The number of amides is 1. The largest absolute Gasteiger partial charge is 0.493 e. The highest BCUT2D eigenvalue weighted by Gasteiger charge is 2.14. The number of benzene rings is 2. The quantitative estimate of drug-likeness (QED) is 0.428. The van der Waals surface area contributed by atoms with Crippen LogP contribution in [-0.2, 0) is 17.8 Å². The van der Waals surface area contributed by atoms with E-state index in [1.54, 1.807) is 0 Å². The SMILES string of the molecule is CCOc1ccccc1-c1nc(CC(=O)Nc2cc(C)nn2Cc2ccccc2)cs1. The number of anilines is 1. The zero-order chi connectivity index (χ0) is 21.6. The molecule has 0 radical (unpaired) electrons. The maximum absolute atomic E-state index is 12.7. The summed E-state index contributed by atoms with van der Waals surface area (Å²) in [5.41, 5.74) is 3.65. The smallest absolute Gasteiger partial charge is 0.231 e. The fraction of sp³-hybridized carbons (Fsp3) is 0.208. The second kappa shape index (κ2) is 9.57. The van der Waals surface area contributed by atoms with Crippen LogP contribution in [0.4, 0.5) is 5.82 Å². The third-order valence-corrected chi connectivity index (χ3v) is 5.58. The Morgan fingerprint density at radius 2 is 1.90 bits per heavy atom. The molecule has 0 saturated heterocycles. The van der Waals surface area contributed by atoms with Crippen LogP contribution < -0.4 is 10.1 Å². The van der Waals surface area contributed by atoms with Crippen molar-refractivity contribution in [3.05, 3.63) is 83.0 Å². The summed E-state index contributed by atoms with van der Waals surface area (Å²) in [6.07, 6.45) is 0.197. The number of carbonyl (C=O) groups excluding carboxylic acids is 1. The highest BCUT2D eigenvalue weighted by Crippen LogP contribution is 2.32. The van der Waals surface area contributed by atoms with E-state index >= 15 is 0 Å². The number of hydrogen-bond acceptors (Lipinski definition) is 5. The van der Waals surface area contributed by atoms with Crippen molar-refractivity contribution >= 4 is 23.1 Å². The van der Waals surface area contributed by atoms with Gasteiger partial charge < -0.3 is 10.1 Å². The number of carbonyl (C=O) groups is 1. The number of nitrogens with one attached hydrogen (secondary N) is 1. The summed E-state index contributed by atoms with van der Waals surface area (Å²) in [7, 11) is 0. The predicted octanol–water partition coefficient (Wildman–Crippen LogP) is 4.94. The van der Waals surface area contributed by atoms with Crippen molar-refractivity contribution in [1.29, 1.82) is 0 Å². The Balaban J connectivity index is 1.45. The van der Waals surface area contributed by atoms with Crippen LogP contribution in [0.25, 0.3) is 10.6 Å². The molecule has 4 aromatic rings. The van der Waals surface area contributed by atoms with E-state index < -0.39 is 0 Å². The topological polar surface area (TPSA) is 69.0 Å². The molecule has 2 heterocycles. The first kappa shape index (κ1) is 20.8. The molecule has 0 fully saturated rings. The highest BCUT2D eigenvalue weighted by molar-refractivity contribution is 7.13. The zero-order valence-corrected chi connectivity index (χ0v) is 18.4. The molecule has 31 heavy (non-hydrogen) atoms. The van der Waals surface area contributed by atoms with Gasteiger partial charge in [0, 0.05) is 11.4 Å². The third kappa shape index (κ3) is 5.19. The average molecular weight is 433 g/mol. The van der Waals surface area contributed by atoms with Gasteiger partial charge >= 0.3 is 0 Å². The van der Waals surface area contributed by atoms with Crippen LogP contribution in [-0.4, -0.2) is 27.3 Å². The van der Waals surface area contributed by atoms with Crippen LogP contribution in [0.3, 0.4) is 0 Å². The molecule has 1 N–H and O–H groups in total. The number of para-hydroxylation sites is 1. The van der Waals surface area contributed by atoms with Gasteiger partial charge in [0.1, 0.15) is 16.6 Å². The van der Waals surface area contributed by atoms with Crippen molar-refractivity contribution in [3.63, 3.8) is 0 Å². The van der Waals surface area contributed by atoms with Crippen LogP contribution in [0.5, 0.6) is 5.75 Å². The summed E-state index contributed by atoms with van der Waals surface area (Å²) < 4.78 is 7.52.